The largest absolute Gasteiger partial charge is 0.493 e. The average Bonchev–Trinajstić information content (AvgIpc) is 2.94. The molecule has 2 aromatic rings. The summed E-state index contributed by atoms with van der Waals surface area (Å²) < 4.78 is 20.0. The lowest BCUT2D eigenvalue weighted by Gasteiger charge is -2.12. The van der Waals surface area contributed by atoms with E-state index in [1.54, 1.807) is 28.3 Å². The van der Waals surface area contributed by atoms with Crippen molar-refractivity contribution in [3.63, 3.8) is 0 Å². The molecule has 0 saturated heterocycles. The van der Waals surface area contributed by atoms with Gasteiger partial charge in [0, 0.05) is 17.6 Å². The molecule has 6 nitrogen and oxygen atoms in total. The van der Waals surface area contributed by atoms with E-state index in [0.29, 0.717) is 30.3 Å². The maximum absolute atomic E-state index is 9.18. The van der Waals surface area contributed by atoms with Crippen LogP contribution < -0.4 is 14.2 Å². The van der Waals surface area contributed by atoms with E-state index in [2.05, 4.69) is 9.72 Å². The van der Waals surface area contributed by atoms with Crippen LogP contribution in [0.15, 0.2) is 18.3 Å². The molecule has 0 aliphatic rings. The molecule has 0 aliphatic carbocycles. The molecule has 1 N–H and O–H groups in total. The number of aromatic nitrogens is 1. The van der Waals surface area contributed by atoms with E-state index in [-0.39, 0.29) is 0 Å². The summed E-state index contributed by atoms with van der Waals surface area (Å²) in [5.41, 5.74) is 0.962. The number of fused-ring (bicyclic) bond motifs is 1. The number of hydrogen-bond donors (Lipinski definition) is 1. The normalized spacial score (nSPS) is 9.40. The van der Waals surface area contributed by atoms with E-state index in [4.69, 9.17) is 14.2 Å². The van der Waals surface area contributed by atoms with Gasteiger partial charge in [-0.3, -0.25) is 4.79 Å². The first-order valence-corrected chi connectivity index (χ1v) is 6.04. The van der Waals surface area contributed by atoms with Crippen molar-refractivity contribution < 1.29 is 23.7 Å². The number of hydrogen-bond acceptors (Lipinski definition) is 5. The smallest absolute Gasteiger partial charge is 0.293 e. The fourth-order valence-corrected chi connectivity index (χ4v) is 1.75. The fourth-order valence-electron chi connectivity index (χ4n) is 1.75. The minimum Gasteiger partial charge on any atom is -0.493 e. The van der Waals surface area contributed by atoms with Crippen LogP contribution in [0.25, 0.3) is 10.9 Å². The Morgan fingerprint density at radius 2 is 1.85 bits per heavy atom. The summed E-state index contributed by atoms with van der Waals surface area (Å²) in [5.74, 6) is 1.96. The Kier molecular flexibility index (Phi) is 6.22. The Labute approximate surface area is 117 Å². The van der Waals surface area contributed by atoms with Gasteiger partial charge < -0.3 is 23.9 Å². The van der Waals surface area contributed by atoms with Gasteiger partial charge in [0.2, 0.25) is 5.75 Å². The highest BCUT2D eigenvalue weighted by Gasteiger charge is 2.15. The molecule has 0 amide bonds. The second kappa shape index (κ2) is 7.93. The Balaban J connectivity index is 0.000000347. The first kappa shape index (κ1) is 15.7. The lowest BCUT2D eigenvalue weighted by molar-refractivity contribution is -0.128. The van der Waals surface area contributed by atoms with Gasteiger partial charge in [-0.1, -0.05) is 0 Å². The van der Waals surface area contributed by atoms with Crippen molar-refractivity contribution in [2.24, 2.45) is 0 Å². The van der Waals surface area contributed by atoms with Gasteiger partial charge in [0.25, 0.3) is 6.47 Å². The van der Waals surface area contributed by atoms with Crippen LogP contribution in [-0.4, -0.2) is 39.4 Å². The van der Waals surface area contributed by atoms with Gasteiger partial charge in [-0.25, -0.2) is 0 Å². The molecule has 0 fully saturated rings. The van der Waals surface area contributed by atoms with Crippen LogP contribution in [0, 0.1) is 0 Å². The van der Waals surface area contributed by atoms with Crippen LogP contribution in [-0.2, 0) is 9.53 Å². The van der Waals surface area contributed by atoms with Crippen LogP contribution in [0.2, 0.25) is 0 Å². The first-order valence-electron chi connectivity index (χ1n) is 6.04. The molecule has 6 heteroatoms. The van der Waals surface area contributed by atoms with E-state index in [0.717, 1.165) is 10.9 Å². The van der Waals surface area contributed by atoms with Gasteiger partial charge in [-0.2, -0.15) is 0 Å². The first-order chi connectivity index (χ1) is 9.73. The van der Waals surface area contributed by atoms with Crippen molar-refractivity contribution >= 4 is 17.4 Å². The molecule has 1 aromatic carbocycles. The SMILES string of the molecule is CCOC=O.COc1cc2[nH]ccc2c(OC)c1OC. The van der Waals surface area contributed by atoms with Crippen LogP contribution in [0.5, 0.6) is 17.2 Å². The topological polar surface area (TPSA) is 69.8 Å². The fraction of sp³-hybridized carbons (Fsp3) is 0.357. The number of rotatable bonds is 5. The maximum Gasteiger partial charge on any atom is 0.293 e. The van der Waals surface area contributed by atoms with Gasteiger partial charge in [0.15, 0.2) is 11.5 Å². The molecular formula is C14H19NO5. The molecule has 1 heterocycles. The van der Waals surface area contributed by atoms with E-state index in [1.807, 2.05) is 18.3 Å². The number of H-pyrrole nitrogens is 1. The Morgan fingerprint density at radius 1 is 1.15 bits per heavy atom. The van der Waals surface area contributed by atoms with Gasteiger partial charge >= 0.3 is 0 Å². The second-order valence-corrected chi connectivity index (χ2v) is 3.64. The highest BCUT2D eigenvalue weighted by atomic mass is 16.5. The summed E-state index contributed by atoms with van der Waals surface area (Å²) in [6.07, 6.45) is 1.85. The number of carbonyl (C=O) groups excluding carboxylic acids is 1. The van der Waals surface area contributed by atoms with E-state index < -0.39 is 0 Å². The molecule has 0 atom stereocenters. The summed E-state index contributed by atoms with van der Waals surface area (Å²) in [6, 6.07) is 3.83. The number of ether oxygens (including phenoxy) is 4. The molecule has 0 aliphatic heterocycles. The third-order valence-corrected chi connectivity index (χ3v) is 2.59. The Bertz CT molecular complexity index is 550. The number of nitrogens with one attached hydrogen (secondary N) is 1. The predicted octanol–water partition coefficient (Wildman–Crippen LogP) is 2.37. The number of methoxy groups -OCH3 is 3. The lowest BCUT2D eigenvalue weighted by atomic mass is 10.2. The van der Waals surface area contributed by atoms with Crippen molar-refractivity contribution in [2.75, 3.05) is 27.9 Å². The number of benzene rings is 1. The van der Waals surface area contributed by atoms with E-state index in [9.17, 15) is 4.79 Å². The standard InChI is InChI=1S/C11H13NO3.C3H6O2/c1-13-9-6-8-7(4-5-12-8)10(14-2)11(9)15-3;1-2-5-3-4/h4-6,12H,1-3H3;3H,2H2,1H3. The molecular weight excluding hydrogens is 262 g/mol. The van der Waals surface area contributed by atoms with Crippen molar-refractivity contribution in [3.05, 3.63) is 18.3 Å². The second-order valence-electron chi connectivity index (χ2n) is 3.64. The van der Waals surface area contributed by atoms with Gasteiger partial charge in [-0.05, 0) is 13.0 Å². The summed E-state index contributed by atoms with van der Waals surface area (Å²) in [5, 5.41) is 0.982. The van der Waals surface area contributed by atoms with Gasteiger partial charge in [-0.15, -0.1) is 0 Å². The maximum atomic E-state index is 9.18. The van der Waals surface area contributed by atoms with Crippen LogP contribution in [0.3, 0.4) is 0 Å². The molecule has 110 valence electrons. The zero-order valence-corrected chi connectivity index (χ0v) is 12.1. The Hall–Kier alpha value is -2.37. The summed E-state index contributed by atoms with van der Waals surface area (Å²) in [6.45, 7) is 2.66. The van der Waals surface area contributed by atoms with Crippen LogP contribution >= 0.6 is 0 Å². The van der Waals surface area contributed by atoms with Crippen molar-refractivity contribution in [1.29, 1.82) is 0 Å². The minimum absolute atomic E-state index is 0.431. The highest BCUT2D eigenvalue weighted by Crippen LogP contribution is 2.42. The zero-order chi connectivity index (χ0) is 15.0. The van der Waals surface area contributed by atoms with Crippen LogP contribution in [0.4, 0.5) is 0 Å². The van der Waals surface area contributed by atoms with Crippen molar-refractivity contribution in [3.8, 4) is 17.2 Å². The van der Waals surface area contributed by atoms with Crippen molar-refractivity contribution in [2.45, 2.75) is 6.92 Å². The summed E-state index contributed by atoms with van der Waals surface area (Å²) in [4.78, 5) is 12.3. The molecule has 0 bridgehead atoms. The highest BCUT2D eigenvalue weighted by molar-refractivity contribution is 5.90. The summed E-state index contributed by atoms with van der Waals surface area (Å²) >= 11 is 0. The van der Waals surface area contributed by atoms with Crippen LogP contribution in [0.1, 0.15) is 6.92 Å². The average molecular weight is 281 g/mol. The monoisotopic (exact) mass is 281 g/mol. The third-order valence-electron chi connectivity index (χ3n) is 2.59. The van der Waals surface area contributed by atoms with E-state index in [1.165, 1.54) is 0 Å². The quantitative estimate of drug-likeness (QED) is 0.852. The van der Waals surface area contributed by atoms with Gasteiger partial charge in [0.05, 0.1) is 33.5 Å². The van der Waals surface area contributed by atoms with Gasteiger partial charge in [0.1, 0.15) is 0 Å². The molecule has 20 heavy (non-hydrogen) atoms. The molecule has 0 spiro atoms. The number of aromatic amines is 1. The molecule has 0 unspecified atom stereocenters. The molecule has 2 rings (SSSR count). The zero-order valence-electron chi connectivity index (χ0n) is 12.1. The summed E-state index contributed by atoms with van der Waals surface area (Å²) in [7, 11) is 4.81. The molecule has 0 radical (unpaired) electrons. The number of carbonyl (C=O) groups is 1. The molecule has 0 saturated carbocycles. The minimum atomic E-state index is 0.431. The lowest BCUT2D eigenvalue weighted by Crippen LogP contribution is -1.95. The van der Waals surface area contributed by atoms with Crippen molar-refractivity contribution in [1.82, 2.24) is 4.98 Å². The predicted molar refractivity (Wildman–Crippen MR) is 75.6 cm³/mol. The Morgan fingerprint density at radius 3 is 2.30 bits per heavy atom. The third kappa shape index (κ3) is 3.34. The van der Waals surface area contributed by atoms with E-state index >= 15 is 0 Å². The molecule has 1 aromatic heterocycles.